The lowest BCUT2D eigenvalue weighted by atomic mass is 9.97. The van der Waals surface area contributed by atoms with Crippen LogP contribution in [-0.2, 0) is 11.2 Å². The molecule has 1 N–H and O–H groups in total. The minimum absolute atomic E-state index is 0.0584. The summed E-state index contributed by atoms with van der Waals surface area (Å²) in [6, 6.07) is 16.7. The monoisotopic (exact) mass is 418 g/mol. The summed E-state index contributed by atoms with van der Waals surface area (Å²) in [5.74, 6) is 0.378. The van der Waals surface area contributed by atoms with E-state index in [0.29, 0.717) is 19.0 Å². The molecular weight excluding hydrogens is 391 g/mol. The molecule has 6 heteroatoms. The molecule has 5 nitrogen and oxygen atoms in total. The maximum Gasteiger partial charge on any atom is 0.225 e. The van der Waals surface area contributed by atoms with Crippen molar-refractivity contribution in [3.63, 3.8) is 0 Å². The second kappa shape index (κ2) is 10.2. The van der Waals surface area contributed by atoms with Crippen LogP contribution in [0.3, 0.4) is 0 Å². The summed E-state index contributed by atoms with van der Waals surface area (Å²) in [5.41, 5.74) is 2.81. The van der Waals surface area contributed by atoms with Gasteiger partial charge in [-0.25, -0.2) is 14.4 Å². The van der Waals surface area contributed by atoms with Crippen molar-refractivity contribution in [1.82, 2.24) is 15.3 Å². The fraction of sp³-hybridized carbons (Fsp3) is 0.320. The highest BCUT2D eigenvalue weighted by Crippen LogP contribution is 2.23. The number of aromatic nitrogens is 2. The molecule has 3 aromatic rings. The minimum Gasteiger partial charge on any atom is -0.356 e. The Hall–Kier alpha value is -3.28. The van der Waals surface area contributed by atoms with Gasteiger partial charge >= 0.3 is 0 Å². The number of hydrogen-bond donors (Lipinski definition) is 1. The summed E-state index contributed by atoms with van der Waals surface area (Å²) in [6.07, 6.45) is 7.12. The summed E-state index contributed by atoms with van der Waals surface area (Å²) in [6.45, 7) is 2.13. The first-order valence-corrected chi connectivity index (χ1v) is 10.8. The van der Waals surface area contributed by atoms with Crippen LogP contribution in [-0.4, -0.2) is 35.5 Å². The molecule has 0 aliphatic carbocycles. The summed E-state index contributed by atoms with van der Waals surface area (Å²) in [4.78, 5) is 23.6. The predicted molar refractivity (Wildman–Crippen MR) is 120 cm³/mol. The highest BCUT2D eigenvalue weighted by molar-refractivity contribution is 5.79. The molecule has 1 atom stereocenters. The Morgan fingerprint density at radius 3 is 2.65 bits per heavy atom. The van der Waals surface area contributed by atoms with E-state index in [4.69, 9.17) is 0 Å². The zero-order valence-corrected chi connectivity index (χ0v) is 17.5. The van der Waals surface area contributed by atoms with Crippen LogP contribution in [0.15, 0.2) is 67.0 Å². The van der Waals surface area contributed by atoms with Crippen molar-refractivity contribution < 1.29 is 9.18 Å². The first kappa shape index (κ1) is 21.0. The molecule has 1 fully saturated rings. The Morgan fingerprint density at radius 1 is 1.06 bits per heavy atom. The van der Waals surface area contributed by atoms with Crippen LogP contribution < -0.4 is 10.2 Å². The molecule has 1 aliphatic heterocycles. The van der Waals surface area contributed by atoms with E-state index in [1.807, 2.05) is 24.3 Å². The Labute approximate surface area is 182 Å². The fourth-order valence-corrected chi connectivity index (χ4v) is 3.97. The van der Waals surface area contributed by atoms with Crippen LogP contribution in [0, 0.1) is 11.7 Å². The first-order chi connectivity index (χ1) is 15.2. The minimum atomic E-state index is -0.282. The number of nitrogens with one attached hydrogen (secondary N) is 1. The van der Waals surface area contributed by atoms with Crippen LogP contribution in [0.25, 0.3) is 11.1 Å². The van der Waals surface area contributed by atoms with Gasteiger partial charge in [0.15, 0.2) is 0 Å². The largest absolute Gasteiger partial charge is 0.356 e. The molecule has 1 amide bonds. The standard InChI is InChI=1S/C25H27FN4O/c26-23-12-4-10-20(15-23)22-16-28-25(29-17-22)30-14-6-11-21(18-30)24(31)27-13-5-9-19-7-2-1-3-8-19/h1-4,7-8,10,12,15-17,21H,5-6,9,11,13-14,18H2,(H,27,31)/t21-/m1/s1. The summed E-state index contributed by atoms with van der Waals surface area (Å²) < 4.78 is 13.5. The van der Waals surface area contributed by atoms with E-state index in [1.165, 1.54) is 17.7 Å². The third-order valence-electron chi connectivity index (χ3n) is 5.66. The number of piperidine rings is 1. The molecule has 1 aromatic heterocycles. The van der Waals surface area contributed by atoms with Gasteiger partial charge in [0, 0.05) is 37.6 Å². The summed E-state index contributed by atoms with van der Waals surface area (Å²) in [7, 11) is 0. The maximum absolute atomic E-state index is 13.5. The van der Waals surface area contributed by atoms with E-state index in [9.17, 15) is 9.18 Å². The number of aryl methyl sites for hydroxylation is 1. The number of nitrogens with zero attached hydrogens (tertiary/aromatic N) is 3. The maximum atomic E-state index is 13.5. The number of rotatable bonds is 7. The van der Waals surface area contributed by atoms with E-state index in [1.54, 1.807) is 18.5 Å². The average molecular weight is 419 g/mol. The van der Waals surface area contributed by atoms with Crippen molar-refractivity contribution in [2.24, 2.45) is 5.92 Å². The van der Waals surface area contributed by atoms with Crippen molar-refractivity contribution in [1.29, 1.82) is 0 Å². The molecule has 31 heavy (non-hydrogen) atoms. The molecule has 0 radical (unpaired) electrons. The third kappa shape index (κ3) is 5.66. The van der Waals surface area contributed by atoms with E-state index < -0.39 is 0 Å². The van der Waals surface area contributed by atoms with E-state index in [2.05, 4.69) is 32.3 Å². The second-order valence-corrected chi connectivity index (χ2v) is 7.95. The number of benzene rings is 2. The smallest absolute Gasteiger partial charge is 0.225 e. The van der Waals surface area contributed by atoms with Crippen molar-refractivity contribution in [2.75, 3.05) is 24.5 Å². The van der Waals surface area contributed by atoms with E-state index in [0.717, 1.165) is 43.4 Å². The van der Waals surface area contributed by atoms with Gasteiger partial charge in [-0.2, -0.15) is 0 Å². The Kier molecular flexibility index (Phi) is 6.87. The molecule has 4 rings (SSSR count). The lowest BCUT2D eigenvalue weighted by Gasteiger charge is -2.32. The SMILES string of the molecule is O=C(NCCCc1ccccc1)[C@@H]1CCCN(c2ncc(-c3cccc(F)c3)cn2)C1. The second-order valence-electron chi connectivity index (χ2n) is 7.95. The lowest BCUT2D eigenvalue weighted by molar-refractivity contribution is -0.125. The normalized spacial score (nSPS) is 16.2. The van der Waals surface area contributed by atoms with Gasteiger partial charge in [-0.05, 0) is 48.9 Å². The molecule has 2 heterocycles. The van der Waals surface area contributed by atoms with Gasteiger partial charge in [0.05, 0.1) is 5.92 Å². The van der Waals surface area contributed by atoms with Gasteiger partial charge < -0.3 is 10.2 Å². The van der Waals surface area contributed by atoms with Crippen LogP contribution in [0.2, 0.25) is 0 Å². The highest BCUT2D eigenvalue weighted by Gasteiger charge is 2.26. The predicted octanol–water partition coefficient (Wildman–Crippen LogP) is 4.25. The van der Waals surface area contributed by atoms with Crippen LogP contribution >= 0.6 is 0 Å². The number of amides is 1. The van der Waals surface area contributed by atoms with Gasteiger partial charge in [0.25, 0.3) is 0 Å². The van der Waals surface area contributed by atoms with Crippen LogP contribution in [0.4, 0.5) is 10.3 Å². The summed E-state index contributed by atoms with van der Waals surface area (Å²) in [5, 5.41) is 3.09. The molecule has 1 saturated heterocycles. The highest BCUT2D eigenvalue weighted by atomic mass is 19.1. The van der Waals surface area contributed by atoms with E-state index in [-0.39, 0.29) is 17.6 Å². The number of halogens is 1. The molecule has 0 spiro atoms. The topological polar surface area (TPSA) is 58.1 Å². The van der Waals surface area contributed by atoms with Gasteiger partial charge in [0.2, 0.25) is 11.9 Å². The molecule has 0 saturated carbocycles. The Bertz CT molecular complexity index is 994. The lowest BCUT2D eigenvalue weighted by Crippen LogP contribution is -2.44. The van der Waals surface area contributed by atoms with Crippen molar-refractivity contribution >= 4 is 11.9 Å². The van der Waals surface area contributed by atoms with Gasteiger partial charge in [-0.15, -0.1) is 0 Å². The van der Waals surface area contributed by atoms with Gasteiger partial charge in [-0.3, -0.25) is 4.79 Å². The molecule has 2 aromatic carbocycles. The zero-order chi connectivity index (χ0) is 21.5. The summed E-state index contributed by atoms with van der Waals surface area (Å²) >= 11 is 0. The molecule has 160 valence electrons. The molecule has 0 bridgehead atoms. The Morgan fingerprint density at radius 2 is 1.87 bits per heavy atom. The van der Waals surface area contributed by atoms with E-state index >= 15 is 0 Å². The fourth-order valence-electron chi connectivity index (χ4n) is 3.97. The third-order valence-corrected chi connectivity index (χ3v) is 5.66. The molecule has 0 unspecified atom stereocenters. The first-order valence-electron chi connectivity index (χ1n) is 10.8. The molecule has 1 aliphatic rings. The van der Waals surface area contributed by atoms with Crippen molar-refractivity contribution in [3.8, 4) is 11.1 Å². The van der Waals surface area contributed by atoms with Gasteiger partial charge in [0.1, 0.15) is 5.82 Å². The number of carbonyl (C=O) groups is 1. The number of hydrogen-bond acceptors (Lipinski definition) is 4. The quantitative estimate of drug-likeness (QED) is 0.583. The number of anilines is 1. The number of carbonyl (C=O) groups excluding carboxylic acids is 1. The van der Waals surface area contributed by atoms with Crippen molar-refractivity contribution in [2.45, 2.75) is 25.7 Å². The zero-order valence-electron chi connectivity index (χ0n) is 17.5. The van der Waals surface area contributed by atoms with Crippen LogP contribution in [0.1, 0.15) is 24.8 Å². The average Bonchev–Trinajstić information content (AvgIpc) is 2.82. The van der Waals surface area contributed by atoms with Crippen molar-refractivity contribution in [3.05, 3.63) is 78.4 Å². The van der Waals surface area contributed by atoms with Gasteiger partial charge in [-0.1, -0.05) is 42.5 Å². The Balaban J connectivity index is 1.29. The molecular formula is C25H27FN4O. The van der Waals surface area contributed by atoms with Crippen LogP contribution in [0.5, 0.6) is 0 Å².